The van der Waals surface area contributed by atoms with Crippen LogP contribution in [0.4, 0.5) is 5.69 Å². The van der Waals surface area contributed by atoms with E-state index in [1.165, 1.54) is 13.3 Å². The Balaban J connectivity index is 2.67. The molecule has 1 aromatic rings. The summed E-state index contributed by atoms with van der Waals surface area (Å²) >= 11 is 5.72. The molecule has 16 heavy (non-hydrogen) atoms. The van der Waals surface area contributed by atoms with Gasteiger partial charge in [-0.1, -0.05) is 16.8 Å². The maximum absolute atomic E-state index is 8.69. The third-order valence-electron chi connectivity index (χ3n) is 1.54. The van der Waals surface area contributed by atoms with E-state index in [0.29, 0.717) is 5.02 Å². The van der Waals surface area contributed by atoms with Gasteiger partial charge in [-0.2, -0.15) is 10.4 Å². The van der Waals surface area contributed by atoms with Gasteiger partial charge in [0.25, 0.3) is 0 Å². The molecule has 0 atom stereocenters. The molecule has 1 N–H and O–H groups in total. The highest BCUT2D eigenvalue weighted by molar-refractivity contribution is 6.37. The minimum Gasteiger partial charge on any atom is -0.399 e. The first-order valence-electron chi connectivity index (χ1n) is 4.32. The van der Waals surface area contributed by atoms with Crippen LogP contribution in [0.15, 0.2) is 34.5 Å². The number of hydrogen-bond donors (Lipinski definition) is 1. The Morgan fingerprint density at radius 2 is 2.19 bits per heavy atom. The zero-order chi connectivity index (χ0) is 11.8. The fourth-order valence-corrected chi connectivity index (χ4v) is 0.961. The summed E-state index contributed by atoms with van der Waals surface area (Å²) in [6, 6.07) is 8.77. The number of nitrogens with zero attached hydrogens (tertiary/aromatic N) is 3. The van der Waals surface area contributed by atoms with E-state index in [4.69, 9.17) is 16.9 Å². The van der Waals surface area contributed by atoms with E-state index >= 15 is 0 Å². The van der Waals surface area contributed by atoms with Gasteiger partial charge in [-0.25, -0.2) is 0 Å². The third kappa shape index (κ3) is 3.98. The molecule has 6 heteroatoms. The zero-order valence-electron chi connectivity index (χ0n) is 8.51. The molecule has 0 aliphatic rings. The van der Waals surface area contributed by atoms with Crippen molar-refractivity contribution in [1.29, 1.82) is 5.26 Å². The minimum absolute atomic E-state index is 0.108. The summed E-state index contributed by atoms with van der Waals surface area (Å²) in [6.07, 6.45) is 1.21. The fraction of sp³-hybridized carbons (Fsp3) is 0.100. The van der Waals surface area contributed by atoms with Crippen LogP contribution in [-0.2, 0) is 4.84 Å². The van der Waals surface area contributed by atoms with E-state index in [1.807, 2.05) is 6.07 Å². The van der Waals surface area contributed by atoms with Gasteiger partial charge in [0.15, 0.2) is 5.71 Å². The van der Waals surface area contributed by atoms with Crippen LogP contribution in [0.1, 0.15) is 0 Å². The molecule has 1 aromatic carbocycles. The highest BCUT2D eigenvalue weighted by atomic mass is 35.5. The molecule has 0 aliphatic heterocycles. The number of rotatable bonds is 4. The molecule has 0 aliphatic carbocycles. The van der Waals surface area contributed by atoms with Crippen LogP contribution in [0.5, 0.6) is 0 Å². The third-order valence-corrected chi connectivity index (χ3v) is 1.80. The van der Waals surface area contributed by atoms with Crippen LogP contribution < -0.4 is 5.43 Å². The van der Waals surface area contributed by atoms with Crippen LogP contribution in [0.3, 0.4) is 0 Å². The van der Waals surface area contributed by atoms with Crippen LogP contribution in [-0.4, -0.2) is 19.0 Å². The van der Waals surface area contributed by atoms with Gasteiger partial charge in [0, 0.05) is 5.02 Å². The molecule has 0 saturated carbocycles. The lowest BCUT2D eigenvalue weighted by molar-refractivity contribution is 0.216. The first-order valence-corrected chi connectivity index (χ1v) is 4.70. The highest BCUT2D eigenvalue weighted by Gasteiger charge is 1.93. The molecule has 0 heterocycles. The van der Waals surface area contributed by atoms with E-state index in [0.717, 1.165) is 5.69 Å². The zero-order valence-corrected chi connectivity index (χ0v) is 9.27. The van der Waals surface area contributed by atoms with E-state index in [1.54, 1.807) is 24.3 Å². The van der Waals surface area contributed by atoms with Crippen molar-refractivity contribution in [2.75, 3.05) is 12.5 Å². The van der Waals surface area contributed by atoms with Crippen molar-refractivity contribution >= 4 is 29.2 Å². The number of nitrogens with one attached hydrogen (secondary N) is 1. The van der Waals surface area contributed by atoms with Crippen molar-refractivity contribution in [1.82, 2.24) is 0 Å². The van der Waals surface area contributed by atoms with Crippen LogP contribution in [0.2, 0.25) is 5.02 Å². The number of hydrogen-bond acceptors (Lipinski definition) is 5. The van der Waals surface area contributed by atoms with E-state index < -0.39 is 0 Å². The number of benzene rings is 1. The van der Waals surface area contributed by atoms with Crippen molar-refractivity contribution in [2.45, 2.75) is 0 Å². The summed E-state index contributed by atoms with van der Waals surface area (Å²) in [6.45, 7) is 0. The summed E-state index contributed by atoms with van der Waals surface area (Å²) in [7, 11) is 1.39. The van der Waals surface area contributed by atoms with Gasteiger partial charge in [0.05, 0.1) is 5.69 Å². The molecular weight excluding hydrogens is 228 g/mol. The molecule has 0 bridgehead atoms. The number of anilines is 1. The van der Waals surface area contributed by atoms with E-state index in [-0.39, 0.29) is 5.71 Å². The second kappa shape index (κ2) is 6.43. The lowest BCUT2D eigenvalue weighted by Crippen LogP contribution is -2.01. The molecular formula is C10H9ClN4O. The maximum atomic E-state index is 8.69. The largest absolute Gasteiger partial charge is 0.399 e. The summed E-state index contributed by atoms with van der Waals surface area (Å²) in [4.78, 5) is 4.43. The molecule has 5 nitrogen and oxygen atoms in total. The molecule has 0 amide bonds. The Hall–Kier alpha value is -2.06. The summed E-state index contributed by atoms with van der Waals surface area (Å²) in [5.74, 6) is 0. The number of oxime groups is 1. The van der Waals surface area contributed by atoms with Gasteiger partial charge < -0.3 is 4.84 Å². The normalized spacial score (nSPS) is 11.2. The van der Waals surface area contributed by atoms with Gasteiger partial charge in [0.1, 0.15) is 19.4 Å². The Morgan fingerprint density at radius 3 is 2.75 bits per heavy atom. The first kappa shape index (κ1) is 12.0. The van der Waals surface area contributed by atoms with Gasteiger partial charge >= 0.3 is 0 Å². The fourth-order valence-electron chi connectivity index (χ4n) is 0.835. The maximum Gasteiger partial charge on any atom is 0.182 e. The van der Waals surface area contributed by atoms with Crippen molar-refractivity contribution < 1.29 is 4.84 Å². The highest BCUT2D eigenvalue weighted by Crippen LogP contribution is 2.12. The van der Waals surface area contributed by atoms with Crippen molar-refractivity contribution in [3.05, 3.63) is 29.3 Å². The Bertz CT molecular complexity index is 433. The van der Waals surface area contributed by atoms with E-state index in [9.17, 15) is 0 Å². The second-order valence-corrected chi connectivity index (χ2v) is 3.08. The average molecular weight is 237 g/mol. The quantitative estimate of drug-likeness (QED) is 0.644. The SMILES string of the molecule is CO/N=C\C(C#N)=N/Nc1ccc(Cl)cc1. The molecule has 1 rings (SSSR count). The predicted molar refractivity (Wildman–Crippen MR) is 63.6 cm³/mol. The van der Waals surface area contributed by atoms with Crippen molar-refractivity contribution in [2.24, 2.45) is 10.3 Å². The molecule has 0 fully saturated rings. The molecule has 0 radical (unpaired) electrons. The average Bonchev–Trinajstić information content (AvgIpc) is 2.32. The molecule has 0 saturated heterocycles. The Kier molecular flexibility index (Phi) is 4.83. The minimum atomic E-state index is 0.108. The predicted octanol–water partition coefficient (Wildman–Crippen LogP) is 2.26. The summed E-state index contributed by atoms with van der Waals surface area (Å²) < 4.78 is 0. The van der Waals surface area contributed by atoms with Crippen LogP contribution in [0.25, 0.3) is 0 Å². The number of hydrazone groups is 1. The summed E-state index contributed by atoms with van der Waals surface area (Å²) in [5, 5.41) is 16.6. The molecule has 0 aromatic heterocycles. The van der Waals surface area contributed by atoms with E-state index in [2.05, 4.69) is 20.5 Å². The van der Waals surface area contributed by atoms with Gasteiger partial charge in [0.2, 0.25) is 0 Å². The van der Waals surface area contributed by atoms with Crippen molar-refractivity contribution in [3.63, 3.8) is 0 Å². The second-order valence-electron chi connectivity index (χ2n) is 2.64. The summed E-state index contributed by atoms with van der Waals surface area (Å²) in [5.41, 5.74) is 3.52. The monoisotopic (exact) mass is 236 g/mol. The van der Waals surface area contributed by atoms with Gasteiger partial charge in [-0.05, 0) is 24.3 Å². The standard InChI is InChI=1S/C10H9ClN4O/c1-16-13-7-10(6-12)15-14-9-4-2-8(11)3-5-9/h2-5,7,14H,1H3/b13-7-,15-10-. The van der Waals surface area contributed by atoms with Crippen LogP contribution in [0, 0.1) is 11.3 Å². The molecule has 0 spiro atoms. The first-order chi connectivity index (χ1) is 7.76. The lowest BCUT2D eigenvalue weighted by atomic mass is 10.3. The molecule has 82 valence electrons. The van der Waals surface area contributed by atoms with Gasteiger partial charge in [-0.3, -0.25) is 5.43 Å². The topological polar surface area (TPSA) is 69.8 Å². The molecule has 0 unspecified atom stereocenters. The Morgan fingerprint density at radius 1 is 1.50 bits per heavy atom. The lowest BCUT2D eigenvalue weighted by Gasteiger charge is -1.99. The number of nitriles is 1. The van der Waals surface area contributed by atoms with Crippen LogP contribution >= 0.6 is 11.6 Å². The van der Waals surface area contributed by atoms with Gasteiger partial charge in [-0.15, -0.1) is 0 Å². The smallest absolute Gasteiger partial charge is 0.182 e. The van der Waals surface area contributed by atoms with Crippen molar-refractivity contribution in [3.8, 4) is 6.07 Å². The Labute approximate surface area is 98.0 Å². The number of halogens is 1.